The summed E-state index contributed by atoms with van der Waals surface area (Å²) in [5.41, 5.74) is 7.02. The summed E-state index contributed by atoms with van der Waals surface area (Å²) in [7, 11) is 0. The summed E-state index contributed by atoms with van der Waals surface area (Å²) in [5.74, 6) is 0.407. The Balaban J connectivity index is 1.96. The first kappa shape index (κ1) is 11.0. The number of fused-ring (bicyclic) bond motifs is 2. The Bertz CT molecular complexity index is 629. The highest BCUT2D eigenvalue weighted by Crippen LogP contribution is 2.41. The minimum absolute atomic E-state index is 0.243. The van der Waals surface area contributed by atoms with Gasteiger partial charge in [0.25, 0.3) is 0 Å². The number of nitrogens with one attached hydrogen (secondary N) is 1. The smallest absolute Gasteiger partial charge is 0.221 e. The molecule has 0 unspecified atom stereocenters. The van der Waals surface area contributed by atoms with E-state index in [-0.39, 0.29) is 12.3 Å². The average molecular weight is 258 g/mol. The van der Waals surface area contributed by atoms with Gasteiger partial charge in [0, 0.05) is 17.3 Å². The molecular formula is C12H10N4OS. The molecule has 1 aromatic heterocycles. The lowest BCUT2D eigenvalue weighted by molar-refractivity contribution is -0.117. The topological polar surface area (TPSA) is 80.9 Å². The molecule has 0 saturated carbocycles. The monoisotopic (exact) mass is 258 g/mol. The van der Waals surface area contributed by atoms with Gasteiger partial charge in [-0.3, -0.25) is 4.79 Å². The van der Waals surface area contributed by atoms with E-state index in [1.165, 1.54) is 0 Å². The molecule has 0 fully saturated rings. The molecule has 0 bridgehead atoms. The van der Waals surface area contributed by atoms with E-state index >= 15 is 0 Å². The standard InChI is InChI=1S/C12H10N4OS/c13-10(17)6-7-1-2-9-8(5-7)16-11-12(18-9)15-4-3-14-11/h1-5H,6H2,(H2,13,17)(H,14,16). The lowest BCUT2D eigenvalue weighted by atomic mass is 10.1. The van der Waals surface area contributed by atoms with Crippen molar-refractivity contribution in [2.45, 2.75) is 16.3 Å². The highest BCUT2D eigenvalue weighted by atomic mass is 32.2. The highest BCUT2D eigenvalue weighted by molar-refractivity contribution is 7.99. The first-order valence-corrected chi connectivity index (χ1v) is 6.21. The number of nitrogens with two attached hydrogens (primary N) is 1. The maximum absolute atomic E-state index is 10.9. The minimum atomic E-state index is -0.335. The van der Waals surface area contributed by atoms with Crippen LogP contribution in [0.2, 0.25) is 0 Å². The van der Waals surface area contributed by atoms with Crippen molar-refractivity contribution in [1.29, 1.82) is 0 Å². The number of carbonyl (C=O) groups is 1. The highest BCUT2D eigenvalue weighted by Gasteiger charge is 2.17. The van der Waals surface area contributed by atoms with Gasteiger partial charge in [0.15, 0.2) is 5.82 Å². The van der Waals surface area contributed by atoms with Gasteiger partial charge in [0.1, 0.15) is 5.03 Å². The van der Waals surface area contributed by atoms with Crippen LogP contribution in [-0.2, 0) is 11.2 Å². The molecular weight excluding hydrogens is 248 g/mol. The van der Waals surface area contributed by atoms with Crippen LogP contribution in [0.1, 0.15) is 5.56 Å². The molecule has 90 valence electrons. The van der Waals surface area contributed by atoms with Gasteiger partial charge in [0.05, 0.1) is 12.1 Å². The molecule has 5 nitrogen and oxygen atoms in total. The van der Waals surface area contributed by atoms with Crippen LogP contribution in [0.15, 0.2) is 40.5 Å². The second-order valence-corrected chi connectivity index (χ2v) is 4.94. The summed E-state index contributed by atoms with van der Waals surface area (Å²) in [6, 6.07) is 5.78. The lowest BCUT2D eigenvalue weighted by Gasteiger charge is -2.19. The quantitative estimate of drug-likeness (QED) is 0.731. The van der Waals surface area contributed by atoms with Gasteiger partial charge in [-0.1, -0.05) is 17.8 Å². The third-order valence-corrected chi connectivity index (χ3v) is 3.61. The van der Waals surface area contributed by atoms with Gasteiger partial charge in [-0.2, -0.15) is 0 Å². The Morgan fingerprint density at radius 2 is 2.17 bits per heavy atom. The van der Waals surface area contributed by atoms with Crippen LogP contribution >= 0.6 is 11.8 Å². The van der Waals surface area contributed by atoms with Crippen molar-refractivity contribution in [3.8, 4) is 0 Å². The lowest BCUT2D eigenvalue weighted by Crippen LogP contribution is -2.14. The number of carbonyl (C=O) groups excluding carboxylic acids is 1. The fraction of sp³-hybridized carbons (Fsp3) is 0.0833. The molecule has 3 rings (SSSR count). The maximum atomic E-state index is 10.9. The van der Waals surface area contributed by atoms with Crippen molar-refractivity contribution in [1.82, 2.24) is 9.97 Å². The first-order chi connectivity index (χ1) is 8.72. The number of hydrogen-bond donors (Lipinski definition) is 2. The normalized spacial score (nSPS) is 12.2. The summed E-state index contributed by atoms with van der Waals surface area (Å²) in [5, 5.41) is 4.06. The number of nitrogens with zero attached hydrogens (tertiary/aromatic N) is 2. The predicted molar refractivity (Wildman–Crippen MR) is 68.8 cm³/mol. The van der Waals surface area contributed by atoms with Crippen LogP contribution in [0, 0.1) is 0 Å². The fourth-order valence-corrected chi connectivity index (χ4v) is 2.67. The van der Waals surface area contributed by atoms with Gasteiger partial charge in [-0.25, -0.2) is 9.97 Å². The summed E-state index contributed by atoms with van der Waals surface area (Å²) >= 11 is 1.56. The molecule has 18 heavy (non-hydrogen) atoms. The van der Waals surface area contributed by atoms with Crippen LogP contribution in [-0.4, -0.2) is 15.9 Å². The van der Waals surface area contributed by atoms with Crippen molar-refractivity contribution < 1.29 is 4.79 Å². The molecule has 1 aliphatic rings. The number of rotatable bonds is 2. The molecule has 1 aliphatic heterocycles. The Morgan fingerprint density at radius 1 is 1.33 bits per heavy atom. The van der Waals surface area contributed by atoms with Crippen molar-refractivity contribution in [3.63, 3.8) is 0 Å². The zero-order chi connectivity index (χ0) is 12.5. The molecule has 2 heterocycles. The van der Waals surface area contributed by atoms with Gasteiger partial charge < -0.3 is 11.1 Å². The molecule has 1 amide bonds. The van der Waals surface area contributed by atoms with E-state index in [1.54, 1.807) is 24.2 Å². The van der Waals surface area contributed by atoms with E-state index in [2.05, 4.69) is 15.3 Å². The average Bonchev–Trinajstić information content (AvgIpc) is 2.35. The summed E-state index contributed by atoms with van der Waals surface area (Å²) < 4.78 is 0. The van der Waals surface area contributed by atoms with Crippen molar-refractivity contribution >= 4 is 29.2 Å². The number of amides is 1. The number of primary amides is 1. The molecule has 0 saturated heterocycles. The van der Waals surface area contributed by atoms with Crippen molar-refractivity contribution in [3.05, 3.63) is 36.2 Å². The number of aromatic nitrogens is 2. The van der Waals surface area contributed by atoms with Crippen LogP contribution in [0.4, 0.5) is 11.5 Å². The molecule has 0 atom stereocenters. The fourth-order valence-electron chi connectivity index (χ4n) is 1.79. The molecule has 0 radical (unpaired) electrons. The van der Waals surface area contributed by atoms with Crippen LogP contribution in [0.5, 0.6) is 0 Å². The van der Waals surface area contributed by atoms with Crippen LogP contribution < -0.4 is 11.1 Å². The molecule has 0 aliphatic carbocycles. The molecule has 1 aromatic carbocycles. The third-order valence-electron chi connectivity index (χ3n) is 2.55. The number of hydrogen-bond acceptors (Lipinski definition) is 5. The minimum Gasteiger partial charge on any atom is -0.369 e. The Kier molecular flexibility index (Phi) is 2.64. The van der Waals surface area contributed by atoms with E-state index in [1.807, 2.05) is 18.2 Å². The van der Waals surface area contributed by atoms with Crippen molar-refractivity contribution in [2.75, 3.05) is 5.32 Å². The van der Waals surface area contributed by atoms with E-state index in [0.717, 1.165) is 27.0 Å². The predicted octanol–water partition coefficient (Wildman–Crippen LogP) is 1.71. The largest absolute Gasteiger partial charge is 0.369 e. The SMILES string of the molecule is NC(=O)Cc1ccc2c(c1)Nc1nccnc1S2. The Hall–Kier alpha value is -2.08. The summed E-state index contributed by atoms with van der Waals surface area (Å²) in [6.07, 6.45) is 3.55. The third kappa shape index (κ3) is 2.02. The van der Waals surface area contributed by atoms with E-state index < -0.39 is 0 Å². The second kappa shape index (κ2) is 4.30. The number of anilines is 2. The van der Waals surface area contributed by atoms with Crippen LogP contribution in [0.25, 0.3) is 0 Å². The van der Waals surface area contributed by atoms with Gasteiger partial charge in [-0.15, -0.1) is 0 Å². The number of benzene rings is 1. The first-order valence-electron chi connectivity index (χ1n) is 5.39. The zero-order valence-corrected chi connectivity index (χ0v) is 10.2. The molecule has 2 aromatic rings. The van der Waals surface area contributed by atoms with Gasteiger partial charge in [-0.05, 0) is 17.7 Å². The molecule has 6 heteroatoms. The van der Waals surface area contributed by atoms with Crippen molar-refractivity contribution in [2.24, 2.45) is 5.73 Å². The van der Waals surface area contributed by atoms with Crippen LogP contribution in [0.3, 0.4) is 0 Å². The van der Waals surface area contributed by atoms with E-state index in [0.29, 0.717) is 0 Å². The Labute approximate surface area is 108 Å². The van der Waals surface area contributed by atoms with E-state index in [4.69, 9.17) is 5.73 Å². The Morgan fingerprint density at radius 3 is 3.00 bits per heavy atom. The second-order valence-electron chi connectivity index (χ2n) is 3.91. The zero-order valence-electron chi connectivity index (χ0n) is 9.38. The maximum Gasteiger partial charge on any atom is 0.221 e. The molecule has 3 N–H and O–H groups in total. The van der Waals surface area contributed by atoms with E-state index in [9.17, 15) is 4.79 Å². The van der Waals surface area contributed by atoms with Gasteiger partial charge >= 0.3 is 0 Å². The summed E-state index contributed by atoms with van der Waals surface area (Å²) in [6.45, 7) is 0. The molecule has 0 spiro atoms. The summed E-state index contributed by atoms with van der Waals surface area (Å²) in [4.78, 5) is 20.5. The van der Waals surface area contributed by atoms with Gasteiger partial charge in [0.2, 0.25) is 5.91 Å².